The Morgan fingerprint density at radius 1 is 1.15 bits per heavy atom. The minimum Gasteiger partial charge on any atom is -0.341 e. The minimum atomic E-state index is -0.216. The lowest BCUT2D eigenvalue weighted by atomic mass is 10.1. The molecule has 2 aliphatic rings. The Bertz CT molecular complexity index is 1400. The van der Waals surface area contributed by atoms with Crippen LogP contribution < -0.4 is 15.5 Å². The van der Waals surface area contributed by atoms with E-state index in [-0.39, 0.29) is 11.9 Å². The fourth-order valence-electron chi connectivity index (χ4n) is 4.50. The van der Waals surface area contributed by atoms with E-state index in [2.05, 4.69) is 49.5 Å². The molecule has 33 heavy (non-hydrogen) atoms. The summed E-state index contributed by atoms with van der Waals surface area (Å²) in [5.41, 5.74) is 5.11. The highest BCUT2D eigenvalue weighted by atomic mass is 32.1. The molecule has 164 valence electrons. The van der Waals surface area contributed by atoms with Crippen LogP contribution in [-0.2, 0) is 6.42 Å². The standard InChI is InChI=1S/C26H22FN5S/c27-18-3-1-5-21(14-18)32-12-10-17-13-20(7-9-24(17)32)31-26-25-23(29-16-30-26)15-22(33-25)8-6-19-4-2-11-28-19/h1,3,5,7,9,13-16,19,28H,2,4,10-12H2,(H,29,30,31)/t19-/m1/s1. The van der Waals surface area contributed by atoms with Gasteiger partial charge in [-0.3, -0.25) is 0 Å². The molecule has 0 amide bonds. The van der Waals surface area contributed by atoms with Crippen molar-refractivity contribution in [2.75, 3.05) is 23.3 Å². The van der Waals surface area contributed by atoms with Crippen LogP contribution in [-0.4, -0.2) is 29.1 Å². The van der Waals surface area contributed by atoms with E-state index in [0.717, 1.165) is 63.9 Å². The van der Waals surface area contributed by atoms with Gasteiger partial charge in [0.25, 0.3) is 0 Å². The van der Waals surface area contributed by atoms with E-state index < -0.39 is 0 Å². The lowest BCUT2D eigenvalue weighted by Crippen LogP contribution is -2.18. The largest absolute Gasteiger partial charge is 0.341 e. The van der Waals surface area contributed by atoms with Crippen LogP contribution in [0.25, 0.3) is 10.2 Å². The molecule has 2 N–H and O–H groups in total. The van der Waals surface area contributed by atoms with Gasteiger partial charge in [0.15, 0.2) is 5.82 Å². The number of benzene rings is 2. The molecule has 0 aliphatic carbocycles. The molecule has 1 saturated heterocycles. The number of anilines is 4. The van der Waals surface area contributed by atoms with Crippen LogP contribution in [0.3, 0.4) is 0 Å². The van der Waals surface area contributed by atoms with Gasteiger partial charge in [0.05, 0.1) is 21.1 Å². The van der Waals surface area contributed by atoms with Crippen LogP contribution >= 0.6 is 11.3 Å². The van der Waals surface area contributed by atoms with Crippen LogP contribution in [0.2, 0.25) is 0 Å². The predicted octanol–water partition coefficient (Wildman–Crippen LogP) is 5.37. The van der Waals surface area contributed by atoms with Gasteiger partial charge < -0.3 is 15.5 Å². The fourth-order valence-corrected chi connectivity index (χ4v) is 5.42. The first-order valence-corrected chi connectivity index (χ1v) is 12.0. The molecule has 0 spiro atoms. The molecule has 6 rings (SSSR count). The number of thiophene rings is 1. The summed E-state index contributed by atoms with van der Waals surface area (Å²) in [7, 11) is 0. The van der Waals surface area contributed by atoms with Crippen molar-refractivity contribution in [1.29, 1.82) is 0 Å². The number of hydrogen-bond donors (Lipinski definition) is 2. The fraction of sp³-hybridized carbons (Fsp3) is 0.231. The van der Waals surface area contributed by atoms with Gasteiger partial charge in [-0.15, -0.1) is 11.3 Å². The van der Waals surface area contributed by atoms with Crippen molar-refractivity contribution in [3.63, 3.8) is 0 Å². The number of nitrogens with one attached hydrogen (secondary N) is 2. The maximum absolute atomic E-state index is 13.7. The number of aromatic nitrogens is 2. The molecule has 0 bridgehead atoms. The van der Waals surface area contributed by atoms with Gasteiger partial charge in [-0.2, -0.15) is 0 Å². The Balaban J connectivity index is 1.26. The second-order valence-corrected chi connectivity index (χ2v) is 9.37. The van der Waals surface area contributed by atoms with Crippen LogP contribution in [0.4, 0.5) is 27.3 Å². The Morgan fingerprint density at radius 3 is 3.00 bits per heavy atom. The van der Waals surface area contributed by atoms with Crippen molar-refractivity contribution in [3.8, 4) is 11.8 Å². The molecule has 0 saturated carbocycles. The second kappa shape index (κ2) is 8.47. The third-order valence-electron chi connectivity index (χ3n) is 6.10. The molecule has 7 heteroatoms. The van der Waals surface area contributed by atoms with Gasteiger partial charge in [0, 0.05) is 23.6 Å². The van der Waals surface area contributed by atoms with Crippen LogP contribution in [0.15, 0.2) is 54.9 Å². The molecule has 1 fully saturated rings. The summed E-state index contributed by atoms with van der Waals surface area (Å²) in [5, 5.41) is 6.88. The first kappa shape index (κ1) is 20.2. The Morgan fingerprint density at radius 2 is 2.12 bits per heavy atom. The lowest BCUT2D eigenvalue weighted by molar-refractivity contribution is 0.627. The van der Waals surface area contributed by atoms with Gasteiger partial charge >= 0.3 is 0 Å². The summed E-state index contributed by atoms with van der Waals surface area (Å²) in [4.78, 5) is 12.1. The molecule has 4 aromatic rings. The third-order valence-corrected chi connectivity index (χ3v) is 7.15. The Hall–Kier alpha value is -3.47. The van der Waals surface area contributed by atoms with Crippen molar-refractivity contribution in [2.45, 2.75) is 25.3 Å². The molecule has 1 atom stereocenters. The van der Waals surface area contributed by atoms with E-state index >= 15 is 0 Å². The van der Waals surface area contributed by atoms with Crippen molar-refractivity contribution in [2.24, 2.45) is 0 Å². The Labute approximate surface area is 195 Å². The van der Waals surface area contributed by atoms with Crippen LogP contribution in [0.5, 0.6) is 0 Å². The van der Waals surface area contributed by atoms with E-state index in [1.54, 1.807) is 29.8 Å². The van der Waals surface area contributed by atoms with Crippen molar-refractivity contribution in [3.05, 3.63) is 71.1 Å². The molecular formula is C26H22FN5S. The molecular weight excluding hydrogens is 433 g/mol. The number of rotatable bonds is 3. The molecule has 4 heterocycles. The average molecular weight is 456 g/mol. The molecule has 2 aromatic carbocycles. The quantitative estimate of drug-likeness (QED) is 0.407. The number of fused-ring (bicyclic) bond motifs is 2. The van der Waals surface area contributed by atoms with Gasteiger partial charge in [0.2, 0.25) is 0 Å². The zero-order chi connectivity index (χ0) is 22.2. The van der Waals surface area contributed by atoms with Gasteiger partial charge in [-0.05, 0) is 73.8 Å². The zero-order valence-corrected chi connectivity index (χ0v) is 18.8. The maximum Gasteiger partial charge on any atom is 0.151 e. The minimum absolute atomic E-state index is 0.216. The maximum atomic E-state index is 13.7. The topological polar surface area (TPSA) is 53.1 Å². The smallest absolute Gasteiger partial charge is 0.151 e. The molecule has 2 aromatic heterocycles. The van der Waals surface area contributed by atoms with Crippen LogP contribution in [0.1, 0.15) is 23.3 Å². The summed E-state index contributed by atoms with van der Waals surface area (Å²) in [5.74, 6) is 7.21. The highest BCUT2D eigenvalue weighted by molar-refractivity contribution is 7.20. The van der Waals surface area contributed by atoms with Gasteiger partial charge in [-0.1, -0.05) is 17.9 Å². The highest BCUT2D eigenvalue weighted by Crippen LogP contribution is 2.37. The lowest BCUT2D eigenvalue weighted by Gasteiger charge is -2.20. The summed E-state index contributed by atoms with van der Waals surface area (Å²) in [6.45, 7) is 1.88. The summed E-state index contributed by atoms with van der Waals surface area (Å²) >= 11 is 1.62. The van der Waals surface area contributed by atoms with Gasteiger partial charge in [0.1, 0.15) is 12.1 Å². The monoisotopic (exact) mass is 455 g/mol. The Kier molecular flexibility index (Phi) is 5.17. The summed E-state index contributed by atoms with van der Waals surface area (Å²) < 4.78 is 14.7. The van der Waals surface area contributed by atoms with Gasteiger partial charge in [-0.25, -0.2) is 14.4 Å². The first-order valence-electron chi connectivity index (χ1n) is 11.2. The number of halogens is 1. The highest BCUT2D eigenvalue weighted by Gasteiger charge is 2.21. The zero-order valence-electron chi connectivity index (χ0n) is 17.9. The van der Waals surface area contributed by atoms with E-state index in [4.69, 9.17) is 0 Å². The second-order valence-electron chi connectivity index (χ2n) is 8.32. The molecule has 0 unspecified atom stereocenters. The summed E-state index contributed by atoms with van der Waals surface area (Å²) in [6, 6.07) is 15.4. The predicted molar refractivity (Wildman–Crippen MR) is 132 cm³/mol. The van der Waals surface area contributed by atoms with E-state index in [1.165, 1.54) is 18.1 Å². The van der Waals surface area contributed by atoms with E-state index in [9.17, 15) is 4.39 Å². The van der Waals surface area contributed by atoms with Crippen molar-refractivity contribution >= 4 is 44.4 Å². The van der Waals surface area contributed by atoms with E-state index in [1.807, 2.05) is 18.2 Å². The van der Waals surface area contributed by atoms with E-state index in [0.29, 0.717) is 0 Å². The first-order chi connectivity index (χ1) is 16.2. The molecule has 5 nitrogen and oxygen atoms in total. The molecule has 2 aliphatic heterocycles. The molecule has 0 radical (unpaired) electrons. The van der Waals surface area contributed by atoms with Crippen molar-refractivity contribution < 1.29 is 4.39 Å². The SMILES string of the molecule is Fc1cccc(N2CCc3cc(Nc4ncnc5cc(C#C[C@H]6CCCN6)sc45)ccc32)c1. The number of nitrogens with zero attached hydrogens (tertiary/aromatic N) is 3. The average Bonchev–Trinajstić information content (AvgIpc) is 3.57. The number of hydrogen-bond acceptors (Lipinski definition) is 6. The van der Waals surface area contributed by atoms with Crippen molar-refractivity contribution in [1.82, 2.24) is 15.3 Å². The third kappa shape index (κ3) is 4.04. The normalized spacial score (nSPS) is 17.1. The van der Waals surface area contributed by atoms with Crippen LogP contribution in [0, 0.1) is 17.7 Å². The summed E-state index contributed by atoms with van der Waals surface area (Å²) in [6.07, 6.45) is 4.80.